The van der Waals surface area contributed by atoms with Gasteiger partial charge in [0.15, 0.2) is 0 Å². The van der Waals surface area contributed by atoms with Crippen molar-refractivity contribution in [1.82, 2.24) is 9.88 Å². The summed E-state index contributed by atoms with van der Waals surface area (Å²) in [5.41, 5.74) is 1.31. The first-order chi connectivity index (χ1) is 15.5. The molecule has 158 valence electrons. The van der Waals surface area contributed by atoms with Gasteiger partial charge in [-0.2, -0.15) is 10.1 Å². The highest BCUT2D eigenvalue weighted by Crippen LogP contribution is 2.32. The minimum atomic E-state index is -0.537. The first-order valence-electron chi connectivity index (χ1n) is 9.43. The van der Waals surface area contributed by atoms with Crippen LogP contribution in [0.15, 0.2) is 69.6 Å². The van der Waals surface area contributed by atoms with Gasteiger partial charge >= 0.3 is 0 Å². The van der Waals surface area contributed by atoms with Crippen molar-refractivity contribution in [2.75, 3.05) is 11.6 Å². The molecule has 1 aliphatic rings. The van der Waals surface area contributed by atoms with Crippen LogP contribution in [-0.4, -0.2) is 40.4 Å². The van der Waals surface area contributed by atoms with Gasteiger partial charge in [0.2, 0.25) is 5.13 Å². The molecule has 2 aromatic carbocycles. The van der Waals surface area contributed by atoms with Crippen LogP contribution >= 0.6 is 38.6 Å². The Morgan fingerprint density at radius 1 is 1.09 bits per heavy atom. The van der Waals surface area contributed by atoms with E-state index in [0.29, 0.717) is 16.3 Å². The van der Waals surface area contributed by atoms with Crippen molar-refractivity contribution in [1.29, 1.82) is 0 Å². The minimum absolute atomic E-state index is 0.295. The highest BCUT2D eigenvalue weighted by atomic mass is 79.9. The maximum Gasteiger partial charge on any atom is 0.269 e. The summed E-state index contributed by atoms with van der Waals surface area (Å²) in [5.74, 6) is -1.52. The van der Waals surface area contributed by atoms with Crippen LogP contribution < -0.4 is 5.01 Å². The second-order valence-corrected chi connectivity index (χ2v) is 9.72. The number of rotatable bonds is 5. The number of aromatic nitrogens is 1. The summed E-state index contributed by atoms with van der Waals surface area (Å²) < 4.78 is 1.77. The van der Waals surface area contributed by atoms with E-state index in [-0.39, 0.29) is 0 Å². The molecule has 2 aromatic heterocycles. The van der Waals surface area contributed by atoms with Crippen molar-refractivity contribution in [3.63, 3.8) is 0 Å². The first kappa shape index (κ1) is 20.7. The number of nitrogens with zero attached hydrogens (tertiary/aromatic N) is 4. The molecule has 7 nitrogen and oxygen atoms in total. The van der Waals surface area contributed by atoms with Gasteiger partial charge in [-0.3, -0.25) is 19.3 Å². The molecule has 32 heavy (non-hydrogen) atoms. The molecule has 0 bridgehead atoms. The molecule has 0 aliphatic carbocycles. The largest absolute Gasteiger partial charge is 0.270 e. The Hall–Kier alpha value is -3.21. The Balaban J connectivity index is 1.48. The monoisotopic (exact) mass is 524 g/mol. The van der Waals surface area contributed by atoms with Crippen LogP contribution in [-0.2, 0) is 4.79 Å². The van der Waals surface area contributed by atoms with Gasteiger partial charge < -0.3 is 0 Å². The molecule has 0 saturated carbocycles. The summed E-state index contributed by atoms with van der Waals surface area (Å²) in [5, 5.41) is 7.76. The SMILES string of the molecule is O=C1c2ccccc2C(=O)N1CC(=O)N(/N=C/c1cccs1)c1nc2ccc(Br)cc2s1. The third-order valence-electron chi connectivity index (χ3n) is 4.77. The number of halogens is 1. The van der Waals surface area contributed by atoms with E-state index in [1.54, 1.807) is 30.5 Å². The Bertz CT molecular complexity index is 1360. The van der Waals surface area contributed by atoms with E-state index in [2.05, 4.69) is 26.0 Å². The van der Waals surface area contributed by atoms with Gasteiger partial charge in [0.25, 0.3) is 17.7 Å². The second kappa shape index (κ2) is 8.38. The average molecular weight is 525 g/mol. The summed E-state index contributed by atoms with van der Waals surface area (Å²) in [6.45, 7) is -0.437. The number of carbonyl (C=O) groups is 3. The van der Waals surface area contributed by atoms with E-state index in [9.17, 15) is 14.4 Å². The van der Waals surface area contributed by atoms with Gasteiger partial charge in [0.1, 0.15) is 6.54 Å². The molecule has 0 radical (unpaired) electrons. The molecule has 0 unspecified atom stereocenters. The molecule has 1 aliphatic heterocycles. The summed E-state index contributed by atoms with van der Waals surface area (Å²) in [6, 6.07) is 15.9. The topological polar surface area (TPSA) is 82.9 Å². The second-order valence-electron chi connectivity index (χ2n) is 6.82. The van der Waals surface area contributed by atoms with Crippen molar-refractivity contribution in [2.45, 2.75) is 0 Å². The molecule has 3 amide bonds. The van der Waals surface area contributed by atoms with Crippen LogP contribution in [0.1, 0.15) is 25.6 Å². The van der Waals surface area contributed by atoms with Gasteiger partial charge in [-0.25, -0.2) is 4.98 Å². The Morgan fingerprint density at radius 3 is 2.53 bits per heavy atom. The number of imide groups is 1. The lowest BCUT2D eigenvalue weighted by Gasteiger charge is -2.18. The quantitative estimate of drug-likeness (QED) is 0.213. The molecular formula is C22H13BrN4O3S2. The predicted octanol–water partition coefficient (Wildman–Crippen LogP) is 4.78. The number of thiazole rings is 1. The Kier molecular flexibility index (Phi) is 5.41. The highest BCUT2D eigenvalue weighted by Gasteiger charge is 2.37. The molecule has 0 N–H and O–H groups in total. The number of hydrazone groups is 1. The molecule has 10 heteroatoms. The summed E-state index contributed by atoms with van der Waals surface area (Å²) in [6.07, 6.45) is 1.56. The van der Waals surface area contributed by atoms with Crippen molar-refractivity contribution in [3.8, 4) is 0 Å². The lowest BCUT2D eigenvalue weighted by atomic mass is 10.1. The normalized spacial score (nSPS) is 13.3. The number of hydrogen-bond donors (Lipinski definition) is 0. The highest BCUT2D eigenvalue weighted by molar-refractivity contribution is 9.10. The third-order valence-corrected chi connectivity index (χ3v) is 7.07. The van der Waals surface area contributed by atoms with E-state index in [1.807, 2.05) is 35.7 Å². The van der Waals surface area contributed by atoms with Gasteiger partial charge in [-0.1, -0.05) is 45.5 Å². The lowest BCUT2D eigenvalue weighted by Crippen LogP contribution is -2.41. The zero-order valence-corrected chi connectivity index (χ0v) is 19.5. The summed E-state index contributed by atoms with van der Waals surface area (Å²) in [4.78, 5) is 45.0. The van der Waals surface area contributed by atoms with E-state index in [1.165, 1.54) is 22.7 Å². The summed E-state index contributed by atoms with van der Waals surface area (Å²) >= 11 is 6.21. The number of hydrogen-bond acceptors (Lipinski definition) is 7. The van der Waals surface area contributed by atoms with Crippen LogP contribution in [0.4, 0.5) is 5.13 Å². The van der Waals surface area contributed by atoms with Crippen LogP contribution in [0, 0.1) is 0 Å². The van der Waals surface area contributed by atoms with E-state index in [0.717, 1.165) is 29.5 Å². The maximum absolute atomic E-state index is 13.3. The number of amides is 3. The van der Waals surface area contributed by atoms with E-state index in [4.69, 9.17) is 0 Å². The lowest BCUT2D eigenvalue weighted by molar-refractivity contribution is -0.118. The molecular weight excluding hydrogens is 512 g/mol. The molecule has 3 heterocycles. The number of benzene rings is 2. The van der Waals surface area contributed by atoms with Crippen molar-refractivity contribution in [2.24, 2.45) is 5.10 Å². The Labute approximate surface area is 198 Å². The zero-order valence-electron chi connectivity index (χ0n) is 16.3. The first-order valence-corrected chi connectivity index (χ1v) is 11.9. The molecule has 4 aromatic rings. The minimum Gasteiger partial charge on any atom is -0.270 e. The van der Waals surface area contributed by atoms with E-state index >= 15 is 0 Å². The smallest absolute Gasteiger partial charge is 0.269 e. The predicted molar refractivity (Wildman–Crippen MR) is 129 cm³/mol. The number of fused-ring (bicyclic) bond motifs is 2. The zero-order chi connectivity index (χ0) is 22.2. The van der Waals surface area contributed by atoms with Gasteiger partial charge in [-0.05, 0) is 41.8 Å². The average Bonchev–Trinajstić information content (AvgIpc) is 3.50. The molecule has 0 atom stereocenters. The standard InChI is InChI=1S/C22H13BrN4O3S2/c23-13-7-8-17-18(10-13)32-22(25-17)27(24-11-14-4-3-9-31-14)19(28)12-26-20(29)15-5-1-2-6-16(15)21(26)30/h1-11H,12H2/b24-11+. The molecule has 5 rings (SSSR count). The van der Waals surface area contributed by atoms with Gasteiger partial charge in [0.05, 0.1) is 27.6 Å². The van der Waals surface area contributed by atoms with Gasteiger partial charge in [0, 0.05) is 9.35 Å². The number of carbonyl (C=O) groups excluding carboxylic acids is 3. The van der Waals surface area contributed by atoms with Crippen molar-refractivity contribution >= 4 is 77.9 Å². The van der Waals surface area contributed by atoms with E-state index < -0.39 is 24.3 Å². The van der Waals surface area contributed by atoms with Crippen LogP contribution in [0.2, 0.25) is 0 Å². The van der Waals surface area contributed by atoms with Crippen LogP contribution in [0.5, 0.6) is 0 Å². The molecule has 0 spiro atoms. The third kappa shape index (κ3) is 3.77. The summed E-state index contributed by atoms with van der Waals surface area (Å²) in [7, 11) is 0. The maximum atomic E-state index is 13.3. The van der Waals surface area contributed by atoms with Crippen molar-refractivity contribution < 1.29 is 14.4 Å². The number of thiophene rings is 1. The fraction of sp³-hybridized carbons (Fsp3) is 0.0455. The fourth-order valence-corrected chi connectivity index (χ4v) is 5.33. The van der Waals surface area contributed by atoms with Gasteiger partial charge in [-0.15, -0.1) is 11.3 Å². The Morgan fingerprint density at radius 2 is 1.84 bits per heavy atom. The number of anilines is 1. The molecule has 0 fully saturated rings. The van der Waals surface area contributed by atoms with Crippen molar-refractivity contribution in [3.05, 3.63) is 80.5 Å². The van der Waals surface area contributed by atoms with Crippen LogP contribution in [0.25, 0.3) is 10.2 Å². The fourth-order valence-electron chi connectivity index (χ4n) is 3.26. The molecule has 0 saturated heterocycles. The van der Waals surface area contributed by atoms with Crippen LogP contribution in [0.3, 0.4) is 0 Å².